The van der Waals surface area contributed by atoms with Crippen molar-refractivity contribution in [1.29, 1.82) is 0 Å². The third-order valence-corrected chi connectivity index (χ3v) is 3.99. The van der Waals surface area contributed by atoms with Crippen LogP contribution in [0.4, 0.5) is 0 Å². The molecule has 1 aliphatic rings. The van der Waals surface area contributed by atoms with Crippen LogP contribution in [0.3, 0.4) is 0 Å². The maximum atomic E-state index is 6.06. The molecule has 0 aliphatic heterocycles. The van der Waals surface area contributed by atoms with Crippen molar-refractivity contribution in [2.45, 2.75) is 52.6 Å². The minimum atomic E-state index is 0.441. The second-order valence-electron chi connectivity index (χ2n) is 5.93. The average molecular weight is 254 g/mol. The van der Waals surface area contributed by atoms with Crippen molar-refractivity contribution in [2.75, 3.05) is 19.8 Å². The van der Waals surface area contributed by atoms with Crippen LogP contribution in [0.2, 0.25) is 0 Å². The fourth-order valence-electron chi connectivity index (χ4n) is 2.83. The van der Waals surface area contributed by atoms with Gasteiger partial charge in [-0.1, -0.05) is 33.3 Å². The van der Waals surface area contributed by atoms with Gasteiger partial charge in [-0.15, -0.1) is 6.58 Å². The summed E-state index contributed by atoms with van der Waals surface area (Å²) in [5, 5.41) is 0. The molecule has 0 bridgehead atoms. The molecule has 0 radical (unpaired) electrons. The largest absolute Gasteiger partial charge is 0.379 e. The van der Waals surface area contributed by atoms with Gasteiger partial charge in [-0.2, -0.15) is 0 Å². The minimum Gasteiger partial charge on any atom is -0.379 e. The van der Waals surface area contributed by atoms with Crippen LogP contribution in [0.15, 0.2) is 12.7 Å². The summed E-state index contributed by atoms with van der Waals surface area (Å²) < 4.78 is 11.5. The van der Waals surface area contributed by atoms with E-state index in [0.717, 1.165) is 37.4 Å². The molecule has 1 saturated carbocycles. The monoisotopic (exact) mass is 254 g/mol. The summed E-state index contributed by atoms with van der Waals surface area (Å²) in [5.41, 5.74) is 0. The summed E-state index contributed by atoms with van der Waals surface area (Å²) in [6.07, 6.45) is 7.15. The quantitative estimate of drug-likeness (QED) is 0.480. The summed E-state index contributed by atoms with van der Waals surface area (Å²) in [4.78, 5) is 0. The first-order valence-corrected chi connectivity index (χ1v) is 7.45. The molecular formula is C16H30O2. The van der Waals surface area contributed by atoms with Crippen LogP contribution in [0.25, 0.3) is 0 Å². The number of hydrogen-bond acceptors (Lipinski definition) is 2. The van der Waals surface area contributed by atoms with E-state index in [0.29, 0.717) is 12.7 Å². The molecule has 2 nitrogen and oxygen atoms in total. The molecule has 0 spiro atoms. The highest BCUT2D eigenvalue weighted by Gasteiger charge is 2.31. The Balaban J connectivity index is 2.22. The van der Waals surface area contributed by atoms with E-state index in [9.17, 15) is 0 Å². The molecule has 3 unspecified atom stereocenters. The maximum Gasteiger partial charge on any atom is 0.0704 e. The maximum absolute atomic E-state index is 6.06. The topological polar surface area (TPSA) is 18.5 Å². The highest BCUT2D eigenvalue weighted by molar-refractivity contribution is 4.81. The fraction of sp³-hybridized carbons (Fsp3) is 0.875. The third kappa shape index (κ3) is 5.53. The first kappa shape index (κ1) is 15.7. The molecule has 106 valence electrons. The Hall–Kier alpha value is -0.340. The van der Waals surface area contributed by atoms with Crippen molar-refractivity contribution in [2.24, 2.45) is 17.8 Å². The Kier molecular flexibility index (Phi) is 7.60. The van der Waals surface area contributed by atoms with E-state index in [-0.39, 0.29) is 0 Å². The van der Waals surface area contributed by atoms with E-state index in [1.165, 1.54) is 19.3 Å². The molecule has 1 aliphatic carbocycles. The van der Waals surface area contributed by atoms with Crippen molar-refractivity contribution in [3.8, 4) is 0 Å². The van der Waals surface area contributed by atoms with Crippen LogP contribution in [0, 0.1) is 17.8 Å². The first-order valence-electron chi connectivity index (χ1n) is 7.45. The van der Waals surface area contributed by atoms with Crippen molar-refractivity contribution < 1.29 is 9.47 Å². The van der Waals surface area contributed by atoms with Crippen molar-refractivity contribution >= 4 is 0 Å². The number of rotatable bonds is 8. The second kappa shape index (κ2) is 8.71. The zero-order chi connectivity index (χ0) is 13.4. The van der Waals surface area contributed by atoms with Crippen LogP contribution < -0.4 is 0 Å². The Labute approximate surface area is 113 Å². The van der Waals surface area contributed by atoms with Gasteiger partial charge in [-0.25, -0.2) is 0 Å². The van der Waals surface area contributed by atoms with Crippen LogP contribution in [0.5, 0.6) is 0 Å². The summed E-state index contributed by atoms with van der Waals surface area (Å²) >= 11 is 0. The molecule has 0 heterocycles. The van der Waals surface area contributed by atoms with E-state index in [1.807, 2.05) is 6.08 Å². The molecule has 0 N–H and O–H groups in total. The van der Waals surface area contributed by atoms with Gasteiger partial charge in [0.15, 0.2) is 0 Å². The summed E-state index contributed by atoms with van der Waals surface area (Å²) in [7, 11) is 0. The van der Waals surface area contributed by atoms with Crippen molar-refractivity contribution in [3.63, 3.8) is 0 Å². The zero-order valence-corrected chi connectivity index (χ0v) is 12.4. The van der Waals surface area contributed by atoms with Gasteiger partial charge in [0.2, 0.25) is 0 Å². The average Bonchev–Trinajstić information content (AvgIpc) is 2.33. The highest BCUT2D eigenvalue weighted by atomic mass is 16.5. The van der Waals surface area contributed by atoms with Gasteiger partial charge in [-0.05, 0) is 37.0 Å². The third-order valence-electron chi connectivity index (χ3n) is 3.99. The molecule has 0 amide bonds. The summed E-state index contributed by atoms with van der Waals surface area (Å²) in [6.45, 7) is 12.9. The van der Waals surface area contributed by atoms with E-state index in [2.05, 4.69) is 27.4 Å². The molecular weight excluding hydrogens is 224 g/mol. The lowest BCUT2D eigenvalue weighted by Crippen LogP contribution is -2.35. The van der Waals surface area contributed by atoms with Gasteiger partial charge in [0.1, 0.15) is 0 Å². The zero-order valence-electron chi connectivity index (χ0n) is 12.4. The Morgan fingerprint density at radius 3 is 2.67 bits per heavy atom. The van der Waals surface area contributed by atoms with Crippen molar-refractivity contribution in [1.82, 2.24) is 0 Å². The van der Waals surface area contributed by atoms with Crippen LogP contribution in [-0.4, -0.2) is 25.9 Å². The van der Waals surface area contributed by atoms with Gasteiger partial charge in [0, 0.05) is 0 Å². The molecule has 3 atom stereocenters. The van der Waals surface area contributed by atoms with Gasteiger partial charge >= 0.3 is 0 Å². The smallest absolute Gasteiger partial charge is 0.0704 e. The molecule has 18 heavy (non-hydrogen) atoms. The molecule has 0 aromatic rings. The second-order valence-corrected chi connectivity index (χ2v) is 5.93. The molecule has 2 heteroatoms. The van der Waals surface area contributed by atoms with Gasteiger partial charge < -0.3 is 9.47 Å². The Bertz CT molecular complexity index is 225. The van der Waals surface area contributed by atoms with Gasteiger partial charge in [0.25, 0.3) is 0 Å². The standard InChI is InChI=1S/C16H30O2/c1-5-6-9-17-10-11-18-16-12-14(4)7-8-15(16)13(2)3/h5,13-16H,1,6-12H2,2-4H3. The first-order chi connectivity index (χ1) is 8.65. The van der Waals surface area contributed by atoms with E-state index < -0.39 is 0 Å². The lowest BCUT2D eigenvalue weighted by Gasteiger charge is -2.37. The molecule has 0 aromatic heterocycles. The number of hydrogen-bond donors (Lipinski definition) is 0. The SMILES string of the molecule is C=CCCOCCOC1CC(C)CCC1C(C)C. The predicted molar refractivity (Wildman–Crippen MR) is 76.7 cm³/mol. The van der Waals surface area contributed by atoms with Crippen molar-refractivity contribution in [3.05, 3.63) is 12.7 Å². The van der Waals surface area contributed by atoms with E-state index >= 15 is 0 Å². The van der Waals surface area contributed by atoms with Gasteiger partial charge in [-0.3, -0.25) is 0 Å². The van der Waals surface area contributed by atoms with Crippen LogP contribution in [-0.2, 0) is 9.47 Å². The van der Waals surface area contributed by atoms with Crippen LogP contribution >= 0.6 is 0 Å². The Morgan fingerprint density at radius 1 is 1.22 bits per heavy atom. The lowest BCUT2D eigenvalue weighted by molar-refractivity contribution is -0.0577. The summed E-state index contributed by atoms with van der Waals surface area (Å²) in [6, 6.07) is 0. The highest BCUT2D eigenvalue weighted by Crippen LogP contribution is 2.35. The van der Waals surface area contributed by atoms with Crippen LogP contribution in [0.1, 0.15) is 46.5 Å². The number of ether oxygens (including phenoxy) is 2. The molecule has 1 rings (SSSR count). The Morgan fingerprint density at radius 2 is 2.00 bits per heavy atom. The predicted octanol–water partition coefficient (Wildman–Crippen LogP) is 4.06. The molecule has 1 fully saturated rings. The molecule has 0 aromatic carbocycles. The van der Waals surface area contributed by atoms with E-state index in [1.54, 1.807) is 0 Å². The molecule has 0 saturated heterocycles. The fourth-order valence-corrected chi connectivity index (χ4v) is 2.83. The lowest BCUT2D eigenvalue weighted by atomic mass is 9.75. The van der Waals surface area contributed by atoms with Gasteiger partial charge in [0.05, 0.1) is 25.9 Å². The summed E-state index contributed by atoms with van der Waals surface area (Å²) in [5.74, 6) is 2.27. The van der Waals surface area contributed by atoms with E-state index in [4.69, 9.17) is 9.47 Å². The normalized spacial score (nSPS) is 28.6. The minimum absolute atomic E-state index is 0.441.